The van der Waals surface area contributed by atoms with E-state index < -0.39 is 0 Å². The molecular formula is C16H24N4O3. The molecule has 7 nitrogen and oxygen atoms in total. The minimum absolute atomic E-state index is 0.00456. The minimum atomic E-state index is -0.378. The summed E-state index contributed by atoms with van der Waals surface area (Å²) in [7, 11) is 1.79. The molecule has 2 aliphatic heterocycles. The van der Waals surface area contributed by atoms with E-state index in [1.54, 1.807) is 11.9 Å². The molecule has 2 amide bonds. The Morgan fingerprint density at radius 2 is 2.17 bits per heavy atom. The third-order valence-electron chi connectivity index (χ3n) is 4.76. The maximum absolute atomic E-state index is 12.5. The molecule has 126 valence electrons. The van der Waals surface area contributed by atoms with Gasteiger partial charge in [-0.2, -0.15) is 5.10 Å². The standard InChI is InChI=1S/C16H24N4O3/c1-12-8-13(2)20(17-12)6-4-14(21)19-7-5-16(11-19)10-18(3)15(22)9-23-16/h8H,4-7,9-11H2,1-3H3. The number of aromatic nitrogens is 2. The van der Waals surface area contributed by atoms with Gasteiger partial charge in [0.1, 0.15) is 12.2 Å². The highest BCUT2D eigenvalue weighted by molar-refractivity contribution is 5.79. The van der Waals surface area contributed by atoms with Crippen molar-refractivity contribution in [1.82, 2.24) is 19.6 Å². The lowest BCUT2D eigenvalue weighted by atomic mass is 10.0. The molecule has 3 rings (SSSR count). The zero-order chi connectivity index (χ0) is 16.6. The molecule has 2 fully saturated rings. The number of carbonyl (C=O) groups is 2. The predicted molar refractivity (Wildman–Crippen MR) is 83.8 cm³/mol. The summed E-state index contributed by atoms with van der Waals surface area (Å²) >= 11 is 0. The minimum Gasteiger partial charge on any atom is -0.361 e. The van der Waals surface area contributed by atoms with Gasteiger partial charge in [-0.15, -0.1) is 0 Å². The average Bonchev–Trinajstić information content (AvgIpc) is 3.05. The summed E-state index contributed by atoms with van der Waals surface area (Å²) in [5, 5.41) is 4.39. The SMILES string of the molecule is Cc1cc(C)n(CCC(=O)N2CCC3(CN(C)C(=O)CO3)C2)n1. The van der Waals surface area contributed by atoms with E-state index in [-0.39, 0.29) is 24.0 Å². The van der Waals surface area contributed by atoms with Crippen LogP contribution in [0.15, 0.2) is 6.07 Å². The Morgan fingerprint density at radius 1 is 1.39 bits per heavy atom. The number of hydrogen-bond acceptors (Lipinski definition) is 4. The van der Waals surface area contributed by atoms with E-state index in [0.717, 1.165) is 17.8 Å². The number of ether oxygens (including phenoxy) is 1. The Kier molecular flexibility index (Phi) is 4.14. The van der Waals surface area contributed by atoms with Crippen LogP contribution in [0.25, 0.3) is 0 Å². The van der Waals surface area contributed by atoms with E-state index in [4.69, 9.17) is 4.74 Å². The van der Waals surface area contributed by atoms with Gasteiger partial charge in [-0.05, 0) is 26.3 Å². The highest BCUT2D eigenvalue weighted by atomic mass is 16.5. The van der Waals surface area contributed by atoms with Crippen LogP contribution in [0.4, 0.5) is 0 Å². The van der Waals surface area contributed by atoms with Crippen LogP contribution in [0.5, 0.6) is 0 Å². The van der Waals surface area contributed by atoms with Crippen LogP contribution >= 0.6 is 0 Å². The summed E-state index contributed by atoms with van der Waals surface area (Å²) < 4.78 is 7.65. The number of amides is 2. The summed E-state index contributed by atoms with van der Waals surface area (Å²) in [5.74, 6) is 0.127. The topological polar surface area (TPSA) is 67.7 Å². The van der Waals surface area contributed by atoms with Crippen molar-refractivity contribution in [2.45, 2.75) is 38.8 Å². The molecule has 2 saturated heterocycles. The molecule has 2 aliphatic rings. The van der Waals surface area contributed by atoms with E-state index in [9.17, 15) is 9.59 Å². The Balaban J connectivity index is 1.55. The number of hydrogen-bond donors (Lipinski definition) is 0. The average molecular weight is 320 g/mol. The van der Waals surface area contributed by atoms with Gasteiger partial charge in [-0.1, -0.05) is 0 Å². The largest absolute Gasteiger partial charge is 0.361 e. The molecule has 23 heavy (non-hydrogen) atoms. The van der Waals surface area contributed by atoms with Gasteiger partial charge in [-0.3, -0.25) is 14.3 Å². The second-order valence-electron chi connectivity index (χ2n) is 6.69. The fourth-order valence-electron chi connectivity index (χ4n) is 3.46. The molecule has 0 radical (unpaired) electrons. The van der Waals surface area contributed by atoms with Crippen molar-refractivity contribution >= 4 is 11.8 Å². The fraction of sp³-hybridized carbons (Fsp3) is 0.688. The quantitative estimate of drug-likeness (QED) is 0.806. The summed E-state index contributed by atoms with van der Waals surface area (Å²) in [6.45, 7) is 6.49. The number of morpholine rings is 1. The van der Waals surface area contributed by atoms with Crippen LogP contribution in [-0.2, 0) is 20.9 Å². The Morgan fingerprint density at radius 3 is 2.83 bits per heavy atom. The highest BCUT2D eigenvalue weighted by Crippen LogP contribution is 2.29. The van der Waals surface area contributed by atoms with Gasteiger partial charge in [0.25, 0.3) is 0 Å². The zero-order valence-electron chi connectivity index (χ0n) is 14.0. The van der Waals surface area contributed by atoms with Crippen molar-refractivity contribution in [1.29, 1.82) is 0 Å². The molecule has 7 heteroatoms. The van der Waals surface area contributed by atoms with Crippen LogP contribution in [0, 0.1) is 13.8 Å². The molecule has 1 aromatic rings. The molecule has 3 heterocycles. The molecule has 1 atom stereocenters. The van der Waals surface area contributed by atoms with Crippen molar-refractivity contribution < 1.29 is 14.3 Å². The van der Waals surface area contributed by atoms with Gasteiger partial charge in [0.2, 0.25) is 11.8 Å². The summed E-state index contributed by atoms with van der Waals surface area (Å²) in [4.78, 5) is 27.6. The third kappa shape index (κ3) is 3.24. The van der Waals surface area contributed by atoms with Gasteiger partial charge >= 0.3 is 0 Å². The number of nitrogens with zero attached hydrogens (tertiary/aromatic N) is 4. The molecular weight excluding hydrogens is 296 g/mol. The molecule has 0 aromatic carbocycles. The first kappa shape index (κ1) is 16.0. The van der Waals surface area contributed by atoms with Crippen molar-refractivity contribution in [2.24, 2.45) is 0 Å². The summed E-state index contributed by atoms with van der Waals surface area (Å²) in [5.41, 5.74) is 1.67. The zero-order valence-corrected chi connectivity index (χ0v) is 14.0. The third-order valence-corrected chi connectivity index (χ3v) is 4.76. The van der Waals surface area contributed by atoms with E-state index in [1.165, 1.54) is 0 Å². The maximum Gasteiger partial charge on any atom is 0.248 e. The van der Waals surface area contributed by atoms with E-state index >= 15 is 0 Å². The highest BCUT2D eigenvalue weighted by Gasteiger charge is 2.45. The normalized spacial score (nSPS) is 24.7. The molecule has 0 saturated carbocycles. The van der Waals surface area contributed by atoms with Gasteiger partial charge < -0.3 is 14.5 Å². The number of likely N-dealkylation sites (N-methyl/N-ethyl adjacent to an activating group) is 1. The van der Waals surface area contributed by atoms with Crippen molar-refractivity contribution in [3.63, 3.8) is 0 Å². The first-order valence-electron chi connectivity index (χ1n) is 8.05. The molecule has 1 spiro atoms. The van der Waals surface area contributed by atoms with Crippen LogP contribution in [0.1, 0.15) is 24.2 Å². The Hall–Kier alpha value is -1.89. The summed E-state index contributed by atoms with van der Waals surface area (Å²) in [6, 6.07) is 2.01. The number of aryl methyl sites for hydroxylation is 3. The first-order valence-corrected chi connectivity index (χ1v) is 8.05. The van der Waals surface area contributed by atoms with E-state index in [0.29, 0.717) is 32.6 Å². The lowest BCUT2D eigenvalue weighted by molar-refractivity contribution is -0.159. The van der Waals surface area contributed by atoms with Gasteiger partial charge in [-0.25, -0.2) is 0 Å². The number of rotatable bonds is 3. The summed E-state index contributed by atoms with van der Waals surface area (Å²) in [6.07, 6.45) is 1.23. The molecule has 0 N–H and O–H groups in total. The second kappa shape index (κ2) is 5.96. The Labute approximate surface area is 136 Å². The van der Waals surface area contributed by atoms with Crippen LogP contribution < -0.4 is 0 Å². The molecule has 1 unspecified atom stereocenters. The van der Waals surface area contributed by atoms with Crippen molar-refractivity contribution in [2.75, 3.05) is 33.3 Å². The fourth-order valence-corrected chi connectivity index (χ4v) is 3.46. The maximum atomic E-state index is 12.5. The van der Waals surface area contributed by atoms with E-state index in [2.05, 4.69) is 5.10 Å². The van der Waals surface area contributed by atoms with Crippen LogP contribution in [0.2, 0.25) is 0 Å². The second-order valence-corrected chi connectivity index (χ2v) is 6.69. The number of carbonyl (C=O) groups excluding carboxylic acids is 2. The molecule has 0 bridgehead atoms. The van der Waals surface area contributed by atoms with Crippen molar-refractivity contribution in [3.8, 4) is 0 Å². The lowest BCUT2D eigenvalue weighted by Crippen LogP contribution is -2.54. The molecule has 1 aromatic heterocycles. The smallest absolute Gasteiger partial charge is 0.248 e. The Bertz CT molecular complexity index is 627. The molecule has 0 aliphatic carbocycles. The van der Waals surface area contributed by atoms with Crippen molar-refractivity contribution in [3.05, 3.63) is 17.5 Å². The van der Waals surface area contributed by atoms with Crippen LogP contribution in [0.3, 0.4) is 0 Å². The first-order chi connectivity index (χ1) is 10.9. The van der Waals surface area contributed by atoms with E-state index in [1.807, 2.05) is 29.5 Å². The lowest BCUT2D eigenvalue weighted by Gasteiger charge is -2.38. The predicted octanol–water partition coefficient (Wildman–Crippen LogP) is 0.350. The van der Waals surface area contributed by atoms with Crippen LogP contribution in [-0.4, -0.2) is 70.3 Å². The van der Waals surface area contributed by atoms with Gasteiger partial charge in [0, 0.05) is 32.3 Å². The monoisotopic (exact) mass is 320 g/mol. The number of likely N-dealkylation sites (tertiary alicyclic amines) is 1. The van der Waals surface area contributed by atoms with Gasteiger partial charge in [0.15, 0.2) is 0 Å². The van der Waals surface area contributed by atoms with Gasteiger partial charge in [0.05, 0.1) is 18.8 Å².